The van der Waals surface area contributed by atoms with Crippen LogP contribution in [0.2, 0.25) is 0 Å². The molecule has 0 radical (unpaired) electrons. The minimum atomic E-state index is -0.807. The fourth-order valence-electron chi connectivity index (χ4n) is 4.54. The Labute approximate surface area is 197 Å². The number of aryl methyl sites for hydroxylation is 1. The number of nitrogens with zero attached hydrogens (tertiary/aromatic N) is 1. The van der Waals surface area contributed by atoms with Gasteiger partial charge in [-0.3, -0.25) is 19.8 Å². The molecule has 8 heteroatoms. The van der Waals surface area contributed by atoms with Crippen LogP contribution in [0.25, 0.3) is 10.9 Å². The minimum Gasteiger partial charge on any atom is -0.489 e. The van der Waals surface area contributed by atoms with E-state index in [1.165, 1.54) is 0 Å². The zero-order valence-corrected chi connectivity index (χ0v) is 19.1. The Kier molecular flexibility index (Phi) is 7.09. The number of hydrogen-bond acceptors (Lipinski definition) is 6. The molecular formula is C26H29N3O5. The van der Waals surface area contributed by atoms with Gasteiger partial charge in [0.25, 0.3) is 5.91 Å². The van der Waals surface area contributed by atoms with Gasteiger partial charge in [0.05, 0.1) is 18.0 Å². The first kappa shape index (κ1) is 23.7. The van der Waals surface area contributed by atoms with Crippen LogP contribution >= 0.6 is 0 Å². The number of amides is 2. The topological polar surface area (TPSA) is 121 Å². The average molecular weight is 464 g/mol. The maximum atomic E-state index is 12.9. The number of aromatic nitrogens is 1. The third-order valence-electron chi connectivity index (χ3n) is 6.36. The molecule has 0 aliphatic heterocycles. The predicted octanol–water partition coefficient (Wildman–Crippen LogP) is 3.42. The zero-order valence-electron chi connectivity index (χ0n) is 19.1. The number of hydrogen-bond donors (Lipinski definition) is 4. The second-order valence-corrected chi connectivity index (χ2v) is 8.93. The molecule has 1 heterocycles. The van der Waals surface area contributed by atoms with Gasteiger partial charge in [-0.05, 0) is 69.0 Å². The van der Waals surface area contributed by atoms with E-state index in [1.807, 2.05) is 37.3 Å². The fraction of sp³-hybridized carbons (Fsp3) is 0.346. The van der Waals surface area contributed by atoms with Crippen LogP contribution in [0.3, 0.4) is 0 Å². The summed E-state index contributed by atoms with van der Waals surface area (Å²) in [5, 5.41) is 22.8. The number of benzene rings is 2. The normalized spacial score (nSPS) is 20.0. The van der Waals surface area contributed by atoms with Crippen molar-refractivity contribution in [2.75, 3.05) is 0 Å². The molecule has 3 aromatic rings. The van der Waals surface area contributed by atoms with Gasteiger partial charge in [-0.25, -0.2) is 5.48 Å². The van der Waals surface area contributed by atoms with E-state index in [2.05, 4.69) is 10.3 Å². The first-order valence-electron chi connectivity index (χ1n) is 11.4. The van der Waals surface area contributed by atoms with E-state index >= 15 is 0 Å². The third-order valence-corrected chi connectivity index (χ3v) is 6.36. The number of pyridine rings is 1. The van der Waals surface area contributed by atoms with Crippen molar-refractivity contribution in [3.05, 3.63) is 71.4 Å². The molecule has 34 heavy (non-hydrogen) atoms. The van der Waals surface area contributed by atoms with Crippen molar-refractivity contribution < 1.29 is 24.6 Å². The third kappa shape index (κ3) is 5.52. The Morgan fingerprint density at radius 1 is 1.12 bits per heavy atom. The molecule has 0 spiro atoms. The Hall–Kier alpha value is -3.49. The molecule has 0 saturated heterocycles. The van der Waals surface area contributed by atoms with Crippen molar-refractivity contribution in [3.63, 3.8) is 0 Å². The molecule has 0 bridgehead atoms. The lowest BCUT2D eigenvalue weighted by Crippen LogP contribution is -2.53. The maximum absolute atomic E-state index is 12.9. The number of aliphatic hydroxyl groups excluding tert-OH is 1. The second-order valence-electron chi connectivity index (χ2n) is 8.93. The summed E-state index contributed by atoms with van der Waals surface area (Å²) in [6.45, 7) is 2.32. The summed E-state index contributed by atoms with van der Waals surface area (Å²) in [4.78, 5) is 29.3. The lowest BCUT2D eigenvalue weighted by molar-refractivity contribution is -0.131. The van der Waals surface area contributed by atoms with Crippen molar-refractivity contribution in [1.82, 2.24) is 15.8 Å². The Bertz CT molecular complexity index is 1170. The second kappa shape index (κ2) is 10.2. The molecule has 4 N–H and O–H groups in total. The first-order valence-corrected chi connectivity index (χ1v) is 11.4. The van der Waals surface area contributed by atoms with Crippen molar-refractivity contribution in [1.29, 1.82) is 0 Å². The molecule has 0 atom stereocenters. The number of aliphatic hydroxyl groups is 1. The van der Waals surface area contributed by atoms with E-state index in [4.69, 9.17) is 9.94 Å². The van der Waals surface area contributed by atoms with E-state index < -0.39 is 17.6 Å². The van der Waals surface area contributed by atoms with E-state index in [1.54, 1.807) is 29.7 Å². The number of fused-ring (bicyclic) bond motifs is 1. The van der Waals surface area contributed by atoms with Gasteiger partial charge in [0, 0.05) is 27.7 Å². The van der Waals surface area contributed by atoms with Crippen LogP contribution in [0, 0.1) is 6.92 Å². The molecule has 4 rings (SSSR count). The molecule has 1 saturated carbocycles. The molecule has 1 fully saturated rings. The summed E-state index contributed by atoms with van der Waals surface area (Å²) in [6.07, 6.45) is 1.37. The highest BCUT2D eigenvalue weighted by atomic mass is 16.5. The lowest BCUT2D eigenvalue weighted by Gasteiger charge is -2.39. The van der Waals surface area contributed by atoms with Crippen LogP contribution in [0.4, 0.5) is 0 Å². The molecule has 2 amide bonds. The molecule has 0 unspecified atom stereocenters. The summed E-state index contributed by atoms with van der Waals surface area (Å²) >= 11 is 0. The van der Waals surface area contributed by atoms with Crippen LogP contribution in [-0.4, -0.2) is 38.8 Å². The highest BCUT2D eigenvalue weighted by molar-refractivity contribution is 5.95. The number of ether oxygens (including phenoxy) is 1. The van der Waals surface area contributed by atoms with Crippen LogP contribution in [-0.2, 0) is 11.4 Å². The first-order chi connectivity index (χ1) is 16.4. The Morgan fingerprint density at radius 3 is 2.53 bits per heavy atom. The van der Waals surface area contributed by atoms with E-state index in [0.29, 0.717) is 43.6 Å². The van der Waals surface area contributed by atoms with Crippen molar-refractivity contribution in [3.8, 4) is 5.75 Å². The summed E-state index contributed by atoms with van der Waals surface area (Å²) in [7, 11) is 0. The van der Waals surface area contributed by atoms with Crippen LogP contribution in [0.15, 0.2) is 54.6 Å². The van der Waals surface area contributed by atoms with Gasteiger partial charge in [0.1, 0.15) is 12.4 Å². The number of hydroxylamine groups is 1. The number of para-hydroxylation sites is 1. The van der Waals surface area contributed by atoms with E-state index in [-0.39, 0.29) is 12.3 Å². The number of carbonyl (C=O) groups is 2. The zero-order chi connectivity index (χ0) is 24.1. The smallest absolute Gasteiger partial charge is 0.251 e. The van der Waals surface area contributed by atoms with Crippen molar-refractivity contribution in [2.45, 2.75) is 57.3 Å². The van der Waals surface area contributed by atoms with Crippen LogP contribution in [0.1, 0.15) is 53.7 Å². The van der Waals surface area contributed by atoms with Gasteiger partial charge >= 0.3 is 0 Å². The Morgan fingerprint density at radius 2 is 1.82 bits per heavy atom. The van der Waals surface area contributed by atoms with Gasteiger partial charge in [0.15, 0.2) is 0 Å². The molecule has 2 aromatic carbocycles. The van der Waals surface area contributed by atoms with Crippen molar-refractivity contribution >= 4 is 22.7 Å². The molecule has 1 aliphatic rings. The average Bonchev–Trinajstić information content (AvgIpc) is 2.84. The summed E-state index contributed by atoms with van der Waals surface area (Å²) in [6, 6.07) is 16.8. The molecule has 178 valence electrons. The highest BCUT2D eigenvalue weighted by Gasteiger charge is 2.38. The van der Waals surface area contributed by atoms with Gasteiger partial charge in [-0.15, -0.1) is 0 Å². The monoisotopic (exact) mass is 463 g/mol. The number of rotatable bonds is 7. The maximum Gasteiger partial charge on any atom is 0.251 e. The van der Waals surface area contributed by atoms with Gasteiger partial charge < -0.3 is 15.2 Å². The summed E-state index contributed by atoms with van der Waals surface area (Å²) < 4.78 is 5.97. The van der Waals surface area contributed by atoms with Gasteiger partial charge in [0.2, 0.25) is 5.91 Å². The standard InChI is InChI=1S/C26H29N3O5/c1-17-14-19(22-4-2-3-5-23(22)27-17)16-34-21-8-6-18(7-9-21)25(32)28-26(15-24(31)29-33)12-10-20(30)11-13-26/h2-9,14,20,30,33H,10-13,15-16H2,1H3,(H,28,32)(H,29,31). The van der Waals surface area contributed by atoms with Crippen LogP contribution in [0.5, 0.6) is 5.75 Å². The largest absolute Gasteiger partial charge is 0.489 e. The molecule has 8 nitrogen and oxygen atoms in total. The quantitative estimate of drug-likeness (QED) is 0.315. The Balaban J connectivity index is 1.43. The molecular weight excluding hydrogens is 434 g/mol. The SMILES string of the molecule is Cc1cc(COc2ccc(C(=O)NC3(CC(=O)NO)CCC(O)CC3)cc2)c2ccccc2n1. The van der Waals surface area contributed by atoms with Gasteiger partial charge in [-0.2, -0.15) is 0 Å². The molecule has 1 aromatic heterocycles. The lowest BCUT2D eigenvalue weighted by atomic mass is 9.77. The predicted molar refractivity (Wildman–Crippen MR) is 126 cm³/mol. The van der Waals surface area contributed by atoms with E-state index in [9.17, 15) is 14.7 Å². The van der Waals surface area contributed by atoms with E-state index in [0.717, 1.165) is 22.2 Å². The van der Waals surface area contributed by atoms with Gasteiger partial charge in [-0.1, -0.05) is 18.2 Å². The minimum absolute atomic E-state index is 0.0531. The summed E-state index contributed by atoms with van der Waals surface area (Å²) in [5.74, 6) is -0.256. The summed E-state index contributed by atoms with van der Waals surface area (Å²) in [5.41, 5.74) is 4.15. The van der Waals surface area contributed by atoms with Crippen LogP contribution < -0.4 is 15.5 Å². The van der Waals surface area contributed by atoms with Crippen molar-refractivity contribution in [2.24, 2.45) is 0 Å². The number of carbonyl (C=O) groups excluding carboxylic acids is 2. The highest BCUT2D eigenvalue weighted by Crippen LogP contribution is 2.32. The molecule has 1 aliphatic carbocycles. The fourth-order valence-corrected chi connectivity index (χ4v) is 4.54. The number of nitrogens with one attached hydrogen (secondary N) is 2.